The summed E-state index contributed by atoms with van der Waals surface area (Å²) in [6.07, 6.45) is 0. The molecule has 0 heterocycles. The summed E-state index contributed by atoms with van der Waals surface area (Å²) < 4.78 is 27.9. The average Bonchev–Trinajstić information content (AvgIpc) is 2.74. The zero-order chi connectivity index (χ0) is 22.6. The van der Waals surface area contributed by atoms with Crippen LogP contribution in [0.5, 0.6) is 0 Å². The summed E-state index contributed by atoms with van der Waals surface area (Å²) in [6, 6.07) is 20.4. The highest BCUT2D eigenvalue weighted by Gasteiger charge is 2.27. The summed E-state index contributed by atoms with van der Waals surface area (Å²) >= 11 is 5.98. The zero-order valence-electron chi connectivity index (χ0n) is 17.7. The number of amides is 1. The Hall–Kier alpha value is -2.83. The van der Waals surface area contributed by atoms with E-state index in [1.807, 2.05) is 19.1 Å². The van der Waals surface area contributed by atoms with Crippen LogP contribution in [0.25, 0.3) is 0 Å². The van der Waals surface area contributed by atoms with Crippen LogP contribution in [-0.2, 0) is 14.8 Å². The molecule has 0 atom stereocenters. The van der Waals surface area contributed by atoms with Crippen LogP contribution < -0.4 is 9.62 Å². The van der Waals surface area contributed by atoms with Crippen molar-refractivity contribution in [1.82, 2.24) is 0 Å². The van der Waals surface area contributed by atoms with Gasteiger partial charge in [0.25, 0.3) is 10.0 Å². The van der Waals surface area contributed by atoms with Gasteiger partial charge in [-0.15, -0.1) is 0 Å². The van der Waals surface area contributed by atoms with Gasteiger partial charge in [-0.25, -0.2) is 8.42 Å². The predicted octanol–water partition coefficient (Wildman–Crippen LogP) is 5.61. The van der Waals surface area contributed by atoms with Gasteiger partial charge < -0.3 is 5.32 Å². The highest BCUT2D eigenvalue weighted by molar-refractivity contribution is 7.92. The third-order valence-corrected chi connectivity index (χ3v) is 6.95. The zero-order valence-corrected chi connectivity index (χ0v) is 19.2. The van der Waals surface area contributed by atoms with E-state index in [1.165, 1.54) is 12.1 Å². The summed E-state index contributed by atoms with van der Waals surface area (Å²) in [6.45, 7) is 5.59. The number of hydrogen-bond donors (Lipinski definition) is 1. The van der Waals surface area contributed by atoms with Gasteiger partial charge in [-0.2, -0.15) is 0 Å². The monoisotopic (exact) mass is 456 g/mol. The van der Waals surface area contributed by atoms with Crippen molar-refractivity contribution in [3.8, 4) is 0 Å². The number of anilines is 2. The lowest BCUT2D eigenvalue weighted by Gasteiger charge is -2.24. The molecule has 162 valence electrons. The predicted molar refractivity (Wildman–Crippen MR) is 126 cm³/mol. The number of aryl methyl sites for hydroxylation is 1. The summed E-state index contributed by atoms with van der Waals surface area (Å²) in [4.78, 5) is 13.0. The van der Waals surface area contributed by atoms with Crippen molar-refractivity contribution in [3.63, 3.8) is 0 Å². The molecule has 3 aromatic rings. The van der Waals surface area contributed by atoms with Crippen LogP contribution in [0.3, 0.4) is 0 Å². The van der Waals surface area contributed by atoms with E-state index in [4.69, 9.17) is 11.6 Å². The first-order valence-electron chi connectivity index (χ1n) is 9.92. The number of rotatable bonds is 7. The fourth-order valence-electron chi connectivity index (χ4n) is 3.15. The Kier molecular flexibility index (Phi) is 7.03. The second-order valence-corrected chi connectivity index (χ2v) is 9.88. The molecule has 0 fully saturated rings. The molecule has 0 unspecified atom stereocenters. The van der Waals surface area contributed by atoms with Crippen molar-refractivity contribution in [1.29, 1.82) is 0 Å². The molecule has 0 aromatic heterocycles. The second-order valence-electron chi connectivity index (χ2n) is 7.58. The van der Waals surface area contributed by atoms with Gasteiger partial charge in [-0.3, -0.25) is 9.10 Å². The van der Waals surface area contributed by atoms with Crippen molar-refractivity contribution in [2.75, 3.05) is 16.2 Å². The number of hydrogen-bond acceptors (Lipinski definition) is 3. The first kappa shape index (κ1) is 22.8. The van der Waals surface area contributed by atoms with E-state index in [9.17, 15) is 13.2 Å². The molecule has 0 aliphatic heterocycles. The number of carbonyl (C=O) groups is 1. The smallest absolute Gasteiger partial charge is 0.264 e. The second kappa shape index (κ2) is 9.54. The van der Waals surface area contributed by atoms with E-state index in [2.05, 4.69) is 19.2 Å². The topological polar surface area (TPSA) is 66.5 Å². The normalized spacial score (nSPS) is 11.4. The van der Waals surface area contributed by atoms with Crippen molar-refractivity contribution >= 4 is 38.9 Å². The van der Waals surface area contributed by atoms with Crippen LogP contribution in [-0.4, -0.2) is 20.9 Å². The van der Waals surface area contributed by atoms with Crippen LogP contribution in [0.4, 0.5) is 11.4 Å². The Morgan fingerprint density at radius 1 is 1.00 bits per heavy atom. The highest BCUT2D eigenvalue weighted by Crippen LogP contribution is 2.26. The Bertz CT molecular complexity index is 1160. The Morgan fingerprint density at radius 3 is 2.23 bits per heavy atom. The molecule has 0 spiro atoms. The lowest BCUT2D eigenvalue weighted by molar-refractivity contribution is -0.114. The molecule has 5 nitrogen and oxygen atoms in total. The fraction of sp³-hybridized carbons (Fsp3) is 0.208. The molecule has 0 saturated heterocycles. The van der Waals surface area contributed by atoms with Crippen molar-refractivity contribution < 1.29 is 13.2 Å². The Labute approximate surface area is 188 Å². The quantitative estimate of drug-likeness (QED) is 0.502. The van der Waals surface area contributed by atoms with E-state index in [1.54, 1.807) is 48.5 Å². The molecule has 3 aromatic carbocycles. The summed E-state index contributed by atoms with van der Waals surface area (Å²) in [5.74, 6) is -0.137. The van der Waals surface area contributed by atoms with Gasteiger partial charge in [0.05, 0.1) is 10.6 Å². The van der Waals surface area contributed by atoms with Crippen LogP contribution in [0.1, 0.15) is 30.9 Å². The van der Waals surface area contributed by atoms with Crippen molar-refractivity contribution in [2.24, 2.45) is 0 Å². The van der Waals surface area contributed by atoms with E-state index in [0.717, 1.165) is 15.4 Å². The minimum absolute atomic E-state index is 0.124. The van der Waals surface area contributed by atoms with Gasteiger partial charge in [0, 0.05) is 10.7 Å². The summed E-state index contributed by atoms with van der Waals surface area (Å²) in [5.41, 5.74) is 2.89. The number of benzene rings is 3. The highest BCUT2D eigenvalue weighted by atomic mass is 35.5. The minimum atomic E-state index is -3.94. The lowest BCUT2D eigenvalue weighted by atomic mass is 10.0. The molecule has 7 heteroatoms. The third kappa shape index (κ3) is 5.46. The van der Waals surface area contributed by atoms with Gasteiger partial charge in [0.2, 0.25) is 5.91 Å². The number of nitrogens with one attached hydrogen (secondary N) is 1. The largest absolute Gasteiger partial charge is 0.324 e. The van der Waals surface area contributed by atoms with Crippen LogP contribution in [0.15, 0.2) is 77.7 Å². The number of sulfonamides is 1. The van der Waals surface area contributed by atoms with Gasteiger partial charge in [0.15, 0.2) is 0 Å². The third-order valence-electron chi connectivity index (χ3n) is 4.93. The van der Waals surface area contributed by atoms with Gasteiger partial charge in [-0.1, -0.05) is 55.8 Å². The van der Waals surface area contributed by atoms with Gasteiger partial charge in [-0.05, 0) is 66.4 Å². The summed E-state index contributed by atoms with van der Waals surface area (Å²) in [5, 5.41) is 3.35. The molecule has 0 saturated carbocycles. The van der Waals surface area contributed by atoms with E-state index in [-0.39, 0.29) is 11.4 Å². The maximum Gasteiger partial charge on any atom is 0.264 e. The van der Waals surface area contributed by atoms with E-state index >= 15 is 0 Å². The van der Waals surface area contributed by atoms with Crippen LogP contribution in [0.2, 0.25) is 5.02 Å². The first-order chi connectivity index (χ1) is 14.7. The molecule has 3 rings (SSSR count). The van der Waals surface area contributed by atoms with E-state index < -0.39 is 15.9 Å². The van der Waals surface area contributed by atoms with Gasteiger partial charge >= 0.3 is 0 Å². The average molecular weight is 457 g/mol. The molecular formula is C24H25ClN2O3S. The molecular weight excluding hydrogens is 432 g/mol. The van der Waals surface area contributed by atoms with Gasteiger partial charge in [0.1, 0.15) is 6.54 Å². The number of carbonyl (C=O) groups excluding carboxylic acids is 1. The molecule has 1 amide bonds. The molecule has 1 N–H and O–H groups in total. The Balaban J connectivity index is 1.94. The minimum Gasteiger partial charge on any atom is -0.324 e. The molecule has 31 heavy (non-hydrogen) atoms. The summed E-state index contributed by atoms with van der Waals surface area (Å²) in [7, 11) is -3.94. The SMILES string of the molecule is Cc1cc(Cl)ccc1NC(=O)CN(c1ccc(C(C)C)cc1)S(=O)(=O)c1ccccc1. The fourth-order valence-corrected chi connectivity index (χ4v) is 4.82. The molecule has 0 aliphatic rings. The number of nitrogens with zero attached hydrogens (tertiary/aromatic N) is 1. The van der Waals surface area contributed by atoms with Crippen LogP contribution >= 0.6 is 11.6 Å². The maximum atomic E-state index is 13.4. The molecule has 0 bridgehead atoms. The lowest BCUT2D eigenvalue weighted by Crippen LogP contribution is -2.38. The molecule has 0 radical (unpaired) electrons. The van der Waals surface area contributed by atoms with Crippen LogP contribution in [0, 0.1) is 6.92 Å². The van der Waals surface area contributed by atoms with E-state index in [0.29, 0.717) is 22.3 Å². The molecule has 0 aliphatic carbocycles. The standard InChI is InChI=1S/C24H25ClN2O3S/c1-17(2)19-9-12-21(13-10-19)27(31(29,30)22-7-5-4-6-8-22)16-24(28)26-23-14-11-20(25)15-18(23)3/h4-15,17H,16H2,1-3H3,(H,26,28). The van der Waals surface area contributed by atoms with Crippen molar-refractivity contribution in [2.45, 2.75) is 31.6 Å². The Morgan fingerprint density at radius 2 is 1.65 bits per heavy atom. The number of halogens is 1. The first-order valence-corrected chi connectivity index (χ1v) is 11.7. The maximum absolute atomic E-state index is 13.4. The van der Waals surface area contributed by atoms with Crippen molar-refractivity contribution in [3.05, 3.63) is 88.9 Å².